The first-order chi connectivity index (χ1) is 12.2. The van der Waals surface area contributed by atoms with Crippen molar-refractivity contribution in [2.45, 2.75) is 108 Å². The number of unbranched alkanes of at least 4 members (excludes halogenated alkanes) is 8. The number of aliphatic hydroxyl groups is 2. The summed E-state index contributed by atoms with van der Waals surface area (Å²) in [6.07, 6.45) is 8.08. The average molecular weight is 360 g/mol. The van der Waals surface area contributed by atoms with Gasteiger partial charge in [0.2, 0.25) is 0 Å². The number of ether oxygens (including phenoxy) is 4. The predicted octanol–water partition coefficient (Wildman–Crippen LogP) is 2.74. The molecule has 0 aromatic carbocycles. The molecule has 148 valence electrons. The molecule has 2 saturated heterocycles. The van der Waals surface area contributed by atoms with Crippen LogP contribution in [0.1, 0.15) is 71.1 Å². The van der Waals surface area contributed by atoms with Crippen LogP contribution < -0.4 is 0 Å². The van der Waals surface area contributed by atoms with E-state index < -0.39 is 30.7 Å². The maximum atomic E-state index is 10.2. The SMILES string of the molecule is CCCCCCCCCCCC1OC[C@H]2O[C@H](OC)[C@@H](O)[C@@H](O)[C@@H]2O1. The van der Waals surface area contributed by atoms with Crippen LogP contribution in [0.2, 0.25) is 0 Å². The minimum atomic E-state index is -1.10. The van der Waals surface area contributed by atoms with Crippen molar-refractivity contribution in [2.75, 3.05) is 13.7 Å². The van der Waals surface area contributed by atoms with Gasteiger partial charge in [0.05, 0.1) is 6.61 Å². The second kappa shape index (κ2) is 11.5. The van der Waals surface area contributed by atoms with Crippen LogP contribution in [0.25, 0.3) is 0 Å². The standard InChI is InChI=1S/C19H36O6/c1-3-4-5-6-7-8-9-10-11-12-15-23-13-14-18(25-15)16(20)17(21)19(22-2)24-14/h14-21H,3-13H2,1-2H3/t14-,15?,16-,17+,18-,19+/m1/s1. The van der Waals surface area contributed by atoms with Crippen LogP contribution in [0.4, 0.5) is 0 Å². The van der Waals surface area contributed by atoms with E-state index in [9.17, 15) is 10.2 Å². The number of hydrogen-bond acceptors (Lipinski definition) is 6. The van der Waals surface area contributed by atoms with Crippen LogP contribution in [0.5, 0.6) is 0 Å². The van der Waals surface area contributed by atoms with Gasteiger partial charge < -0.3 is 29.2 Å². The summed E-state index contributed by atoms with van der Waals surface area (Å²) in [5.41, 5.74) is 0. The van der Waals surface area contributed by atoms with E-state index >= 15 is 0 Å². The van der Waals surface area contributed by atoms with Gasteiger partial charge in [0.25, 0.3) is 0 Å². The number of rotatable bonds is 11. The fourth-order valence-corrected chi connectivity index (χ4v) is 3.59. The third-order valence-corrected chi connectivity index (χ3v) is 5.17. The molecular weight excluding hydrogens is 324 g/mol. The number of fused-ring (bicyclic) bond motifs is 1. The summed E-state index contributed by atoms with van der Waals surface area (Å²) in [6.45, 7) is 2.60. The van der Waals surface area contributed by atoms with E-state index in [4.69, 9.17) is 18.9 Å². The van der Waals surface area contributed by atoms with Crippen LogP contribution in [-0.4, -0.2) is 60.9 Å². The Morgan fingerprint density at radius 2 is 1.52 bits per heavy atom. The maximum absolute atomic E-state index is 10.2. The van der Waals surface area contributed by atoms with Crippen LogP contribution in [0.15, 0.2) is 0 Å². The van der Waals surface area contributed by atoms with Gasteiger partial charge in [0.1, 0.15) is 24.4 Å². The van der Waals surface area contributed by atoms with Crippen molar-refractivity contribution in [1.82, 2.24) is 0 Å². The molecule has 2 N–H and O–H groups in total. The fraction of sp³-hybridized carbons (Fsp3) is 1.00. The molecule has 2 rings (SSSR count). The zero-order chi connectivity index (χ0) is 18.1. The first-order valence-electron chi connectivity index (χ1n) is 9.98. The summed E-state index contributed by atoms with van der Waals surface area (Å²) in [5, 5.41) is 20.2. The van der Waals surface area contributed by atoms with Crippen molar-refractivity contribution in [3.05, 3.63) is 0 Å². The topological polar surface area (TPSA) is 77.4 Å². The lowest BCUT2D eigenvalue weighted by molar-refractivity contribution is -0.356. The van der Waals surface area contributed by atoms with Crippen LogP contribution in [-0.2, 0) is 18.9 Å². The molecule has 25 heavy (non-hydrogen) atoms. The highest BCUT2D eigenvalue weighted by molar-refractivity contribution is 4.92. The Kier molecular flexibility index (Phi) is 9.66. The molecule has 6 atom stereocenters. The largest absolute Gasteiger partial charge is 0.387 e. The van der Waals surface area contributed by atoms with Gasteiger partial charge in [-0.05, 0) is 12.8 Å². The highest BCUT2D eigenvalue weighted by atomic mass is 16.7. The molecule has 0 aliphatic carbocycles. The second-order valence-electron chi connectivity index (χ2n) is 7.24. The second-order valence-corrected chi connectivity index (χ2v) is 7.24. The van der Waals surface area contributed by atoms with Gasteiger partial charge in [-0.2, -0.15) is 0 Å². The minimum absolute atomic E-state index is 0.324. The smallest absolute Gasteiger partial charge is 0.186 e. The lowest BCUT2D eigenvalue weighted by Gasteiger charge is -2.45. The number of aliphatic hydroxyl groups excluding tert-OH is 2. The van der Waals surface area contributed by atoms with Crippen molar-refractivity contribution in [3.63, 3.8) is 0 Å². The molecule has 2 aliphatic rings. The monoisotopic (exact) mass is 360 g/mol. The Morgan fingerprint density at radius 1 is 0.880 bits per heavy atom. The minimum Gasteiger partial charge on any atom is -0.387 e. The molecule has 6 nitrogen and oxygen atoms in total. The Labute approximate surface area is 151 Å². The molecule has 0 radical (unpaired) electrons. The summed E-state index contributed by atoms with van der Waals surface area (Å²) in [7, 11) is 1.44. The summed E-state index contributed by atoms with van der Waals surface area (Å²) >= 11 is 0. The van der Waals surface area contributed by atoms with E-state index in [2.05, 4.69) is 6.92 Å². The van der Waals surface area contributed by atoms with E-state index in [1.165, 1.54) is 58.5 Å². The molecule has 2 heterocycles. The van der Waals surface area contributed by atoms with Gasteiger partial charge in [-0.15, -0.1) is 0 Å². The molecule has 0 amide bonds. The molecule has 6 heteroatoms. The lowest BCUT2D eigenvalue weighted by Crippen LogP contribution is -2.63. The summed E-state index contributed by atoms with van der Waals surface area (Å²) < 4.78 is 22.2. The fourth-order valence-electron chi connectivity index (χ4n) is 3.59. The van der Waals surface area contributed by atoms with Gasteiger partial charge in [-0.25, -0.2) is 0 Å². The lowest BCUT2D eigenvalue weighted by atomic mass is 9.98. The average Bonchev–Trinajstić information content (AvgIpc) is 2.63. The quantitative estimate of drug-likeness (QED) is 0.552. The highest BCUT2D eigenvalue weighted by Crippen LogP contribution is 2.30. The van der Waals surface area contributed by atoms with E-state index in [0.717, 1.165) is 12.8 Å². The molecule has 0 bridgehead atoms. The van der Waals surface area contributed by atoms with Gasteiger partial charge in [0, 0.05) is 7.11 Å². The number of methoxy groups -OCH3 is 1. The maximum Gasteiger partial charge on any atom is 0.186 e. The summed E-state index contributed by atoms with van der Waals surface area (Å²) in [5.74, 6) is 0. The Hall–Kier alpha value is -0.240. The number of hydrogen-bond donors (Lipinski definition) is 2. The Bertz CT molecular complexity index is 351. The van der Waals surface area contributed by atoms with Crippen molar-refractivity contribution in [1.29, 1.82) is 0 Å². The third kappa shape index (κ3) is 6.45. The van der Waals surface area contributed by atoms with E-state index in [0.29, 0.717) is 6.61 Å². The molecule has 1 unspecified atom stereocenters. The Morgan fingerprint density at radius 3 is 2.16 bits per heavy atom. The normalized spacial score (nSPS) is 35.5. The van der Waals surface area contributed by atoms with E-state index in [1.54, 1.807) is 0 Å². The van der Waals surface area contributed by atoms with Crippen molar-refractivity contribution in [3.8, 4) is 0 Å². The summed E-state index contributed by atoms with van der Waals surface area (Å²) in [6, 6.07) is 0. The molecule has 0 aromatic heterocycles. The first kappa shape index (κ1) is 21.1. The van der Waals surface area contributed by atoms with Gasteiger partial charge in [-0.1, -0.05) is 58.3 Å². The van der Waals surface area contributed by atoms with Crippen molar-refractivity contribution >= 4 is 0 Å². The van der Waals surface area contributed by atoms with E-state index in [-0.39, 0.29) is 6.29 Å². The van der Waals surface area contributed by atoms with Crippen LogP contribution in [0.3, 0.4) is 0 Å². The predicted molar refractivity (Wildman–Crippen MR) is 94.1 cm³/mol. The summed E-state index contributed by atoms with van der Waals surface area (Å²) in [4.78, 5) is 0. The first-order valence-corrected chi connectivity index (χ1v) is 9.98. The van der Waals surface area contributed by atoms with Crippen molar-refractivity contribution < 1.29 is 29.2 Å². The zero-order valence-electron chi connectivity index (χ0n) is 15.8. The molecular formula is C19H36O6. The zero-order valence-corrected chi connectivity index (χ0v) is 15.8. The third-order valence-electron chi connectivity index (χ3n) is 5.17. The molecule has 2 aliphatic heterocycles. The molecule has 0 spiro atoms. The Balaban J connectivity index is 1.58. The van der Waals surface area contributed by atoms with Crippen molar-refractivity contribution in [2.24, 2.45) is 0 Å². The molecule has 0 saturated carbocycles. The van der Waals surface area contributed by atoms with Gasteiger partial charge in [-0.3, -0.25) is 0 Å². The van der Waals surface area contributed by atoms with Crippen LogP contribution >= 0.6 is 0 Å². The highest BCUT2D eigenvalue weighted by Gasteiger charge is 2.48. The van der Waals surface area contributed by atoms with Crippen LogP contribution in [0, 0.1) is 0 Å². The molecule has 2 fully saturated rings. The molecule has 0 aromatic rings. The van der Waals surface area contributed by atoms with E-state index in [1.807, 2.05) is 0 Å². The van der Waals surface area contributed by atoms with Gasteiger partial charge >= 0.3 is 0 Å². The van der Waals surface area contributed by atoms with Gasteiger partial charge in [0.15, 0.2) is 12.6 Å².